The molecule has 0 amide bonds. The van der Waals surface area contributed by atoms with Crippen LogP contribution in [0.3, 0.4) is 0 Å². The number of para-hydroxylation sites is 3. The third-order valence-electron chi connectivity index (χ3n) is 13.8. The van der Waals surface area contributed by atoms with Gasteiger partial charge in [0.1, 0.15) is 23.0 Å². The molecule has 5 heterocycles. The minimum atomic E-state index is 0.366. The van der Waals surface area contributed by atoms with Gasteiger partial charge in [0, 0.05) is 75.7 Å². The van der Waals surface area contributed by atoms with Crippen LogP contribution in [0.15, 0.2) is 152 Å². The average molecular weight is 801 g/mol. The highest BCUT2D eigenvalue weighted by Crippen LogP contribution is 2.51. The second-order valence-corrected chi connectivity index (χ2v) is 18.1. The largest absolute Gasteiger partial charge is 0.457 e. The minimum absolute atomic E-state index is 0.366. The van der Waals surface area contributed by atoms with Gasteiger partial charge in [0.25, 0.3) is 0 Å². The molecule has 11 rings (SSSR count). The molecule has 0 radical (unpaired) electrons. The molecule has 61 heavy (non-hydrogen) atoms. The Morgan fingerprint density at radius 3 is 1.97 bits per heavy atom. The predicted octanol–water partition coefficient (Wildman–Crippen LogP) is 13.3. The van der Waals surface area contributed by atoms with Crippen molar-refractivity contribution in [3.05, 3.63) is 163 Å². The molecular formula is C54H52N6O. The molecule has 7 heteroatoms. The third-order valence-corrected chi connectivity index (χ3v) is 13.8. The Bertz CT molecular complexity index is 3090. The van der Waals surface area contributed by atoms with E-state index in [1.807, 2.05) is 6.20 Å². The topological polar surface area (TPSA) is 50.8 Å². The number of pyridine rings is 2. The maximum Gasteiger partial charge on any atom is 0.145 e. The van der Waals surface area contributed by atoms with Gasteiger partial charge in [-0.15, -0.1) is 0 Å². The van der Waals surface area contributed by atoms with E-state index in [4.69, 9.17) is 14.7 Å². The first-order chi connectivity index (χ1) is 29.8. The van der Waals surface area contributed by atoms with Crippen LogP contribution in [-0.4, -0.2) is 36.5 Å². The first kappa shape index (κ1) is 37.4. The molecule has 9 aromatic rings. The number of hydrogen-bond acceptors (Lipinski definition) is 5. The van der Waals surface area contributed by atoms with Gasteiger partial charge in [-0.05, 0) is 115 Å². The zero-order chi connectivity index (χ0) is 41.4. The predicted molar refractivity (Wildman–Crippen MR) is 251 cm³/mol. The van der Waals surface area contributed by atoms with Gasteiger partial charge in [-0.1, -0.05) is 88.4 Å². The van der Waals surface area contributed by atoms with E-state index in [2.05, 4.69) is 199 Å². The molecule has 4 aromatic heterocycles. The molecule has 304 valence electrons. The summed E-state index contributed by atoms with van der Waals surface area (Å²) in [5.74, 6) is 4.84. The molecule has 2 atom stereocenters. The monoisotopic (exact) mass is 800 g/mol. The fourth-order valence-corrected chi connectivity index (χ4v) is 10.8. The molecular weight excluding hydrogens is 749 g/mol. The van der Waals surface area contributed by atoms with E-state index in [-0.39, 0.29) is 0 Å². The zero-order valence-electron chi connectivity index (χ0n) is 35.6. The SMILES string of the molecule is Cc1ccc(-n2c3ccccc3c3ccc(Oc4ccc5c6ccccc6n6c(C7C(C(C)C)CC(N8C=CN(c9ccccc9)C8)CC7C(C)C)cnc6c5c4)cc32)nc1. The number of ether oxygens (including phenoxy) is 1. The summed E-state index contributed by atoms with van der Waals surface area (Å²) >= 11 is 0. The lowest BCUT2D eigenvalue weighted by Gasteiger charge is -2.48. The number of hydrogen-bond donors (Lipinski definition) is 0. The first-order valence-corrected chi connectivity index (χ1v) is 22.0. The van der Waals surface area contributed by atoms with Crippen LogP contribution in [0.25, 0.3) is 54.9 Å². The highest BCUT2D eigenvalue weighted by molar-refractivity contribution is 6.12. The quantitative estimate of drug-likeness (QED) is 0.143. The molecule has 5 aromatic carbocycles. The molecule has 0 N–H and O–H groups in total. The number of aryl methyl sites for hydroxylation is 1. The van der Waals surface area contributed by atoms with Crippen LogP contribution in [0, 0.1) is 30.6 Å². The summed E-state index contributed by atoms with van der Waals surface area (Å²) in [7, 11) is 0. The van der Waals surface area contributed by atoms with E-state index < -0.39 is 0 Å². The van der Waals surface area contributed by atoms with E-state index in [0.717, 1.165) is 64.5 Å². The third kappa shape index (κ3) is 6.32. The fraction of sp³-hybridized carbons (Fsp3) is 0.259. The van der Waals surface area contributed by atoms with Gasteiger partial charge in [0.15, 0.2) is 0 Å². The Labute approximate surface area is 357 Å². The molecule has 1 aliphatic heterocycles. The van der Waals surface area contributed by atoms with Crippen molar-refractivity contribution in [3.8, 4) is 17.3 Å². The molecule has 0 spiro atoms. The van der Waals surface area contributed by atoms with E-state index in [1.54, 1.807) is 0 Å². The smallest absolute Gasteiger partial charge is 0.145 e. The summed E-state index contributed by atoms with van der Waals surface area (Å²) in [6.45, 7) is 12.7. The van der Waals surface area contributed by atoms with Crippen molar-refractivity contribution in [1.82, 2.24) is 23.8 Å². The van der Waals surface area contributed by atoms with Crippen LogP contribution in [-0.2, 0) is 0 Å². The van der Waals surface area contributed by atoms with Crippen LogP contribution in [0.1, 0.15) is 57.7 Å². The summed E-state index contributed by atoms with van der Waals surface area (Å²) in [4.78, 5) is 15.1. The maximum absolute atomic E-state index is 6.79. The van der Waals surface area contributed by atoms with Crippen LogP contribution in [0.4, 0.5) is 5.69 Å². The van der Waals surface area contributed by atoms with Crippen LogP contribution >= 0.6 is 0 Å². The lowest BCUT2D eigenvalue weighted by molar-refractivity contribution is 0.0694. The van der Waals surface area contributed by atoms with Gasteiger partial charge >= 0.3 is 0 Å². The maximum atomic E-state index is 6.79. The van der Waals surface area contributed by atoms with E-state index in [1.165, 1.54) is 38.4 Å². The van der Waals surface area contributed by atoms with Crippen LogP contribution in [0.5, 0.6) is 11.5 Å². The Morgan fingerprint density at radius 2 is 1.25 bits per heavy atom. The normalized spacial score (nSPS) is 19.5. The highest BCUT2D eigenvalue weighted by Gasteiger charge is 2.44. The Hall–Kier alpha value is -6.60. The van der Waals surface area contributed by atoms with E-state index in [9.17, 15) is 0 Å². The van der Waals surface area contributed by atoms with Crippen molar-refractivity contribution in [2.45, 2.75) is 59.4 Å². The Balaban J connectivity index is 0.983. The summed E-state index contributed by atoms with van der Waals surface area (Å²) in [5, 5.41) is 5.87. The summed E-state index contributed by atoms with van der Waals surface area (Å²) in [6, 6.07) is 45.8. The Kier molecular flexibility index (Phi) is 9.10. The molecule has 7 nitrogen and oxygen atoms in total. The number of anilines is 1. The van der Waals surface area contributed by atoms with Gasteiger partial charge in [0.05, 0.1) is 23.2 Å². The van der Waals surface area contributed by atoms with Gasteiger partial charge in [-0.25, -0.2) is 9.97 Å². The van der Waals surface area contributed by atoms with Gasteiger partial charge in [-0.2, -0.15) is 0 Å². The molecule has 1 aliphatic carbocycles. The minimum Gasteiger partial charge on any atom is -0.457 e. The zero-order valence-corrected chi connectivity index (χ0v) is 35.6. The number of rotatable bonds is 8. The van der Waals surface area contributed by atoms with Crippen molar-refractivity contribution >= 4 is 54.8 Å². The Morgan fingerprint density at radius 1 is 0.590 bits per heavy atom. The summed E-state index contributed by atoms with van der Waals surface area (Å²) in [6.07, 6.45) is 11.0. The van der Waals surface area contributed by atoms with Gasteiger partial charge in [-0.3, -0.25) is 8.97 Å². The molecule has 0 saturated heterocycles. The lowest BCUT2D eigenvalue weighted by atomic mass is 9.62. The second-order valence-electron chi connectivity index (χ2n) is 18.1. The molecule has 1 saturated carbocycles. The number of aromatic nitrogens is 4. The van der Waals surface area contributed by atoms with Crippen molar-refractivity contribution in [1.29, 1.82) is 0 Å². The fourth-order valence-electron chi connectivity index (χ4n) is 10.8. The number of imidazole rings is 1. The molecule has 0 bridgehead atoms. The highest BCUT2D eigenvalue weighted by atomic mass is 16.5. The summed E-state index contributed by atoms with van der Waals surface area (Å²) in [5.41, 5.74) is 8.10. The van der Waals surface area contributed by atoms with Crippen molar-refractivity contribution in [3.63, 3.8) is 0 Å². The number of benzene rings is 5. The first-order valence-electron chi connectivity index (χ1n) is 22.0. The lowest BCUT2D eigenvalue weighted by Crippen LogP contribution is -2.45. The number of nitrogens with zero attached hydrogens (tertiary/aromatic N) is 6. The van der Waals surface area contributed by atoms with Gasteiger partial charge < -0.3 is 14.5 Å². The van der Waals surface area contributed by atoms with Crippen molar-refractivity contribution in [2.75, 3.05) is 11.6 Å². The standard InChI is InChI=1S/C54H52N6O/c1-34(2)45-27-38(58-26-25-57(33-58)37-13-7-6-8-14-37)28-46(35(3)4)53(45)51-32-56-54-47-29-39(20-22-41(47)42-15-9-12-18-49(42)60(51)54)61-40-21-23-44-43-16-10-11-17-48(43)59(50(44)30-40)52-24-19-36(5)31-55-52/h6-26,29-32,34-35,38,45-46,53H,27-28,33H2,1-5H3. The van der Waals surface area contributed by atoms with Crippen molar-refractivity contribution in [2.24, 2.45) is 23.7 Å². The van der Waals surface area contributed by atoms with Crippen molar-refractivity contribution < 1.29 is 4.74 Å². The second kappa shape index (κ2) is 14.8. The van der Waals surface area contributed by atoms with Crippen LogP contribution < -0.4 is 9.64 Å². The molecule has 2 aliphatic rings. The summed E-state index contributed by atoms with van der Waals surface area (Å²) < 4.78 is 11.5. The molecule has 1 fully saturated rings. The van der Waals surface area contributed by atoms with E-state index in [0.29, 0.717) is 35.6 Å². The average Bonchev–Trinajstić information content (AvgIpc) is 4.04. The van der Waals surface area contributed by atoms with Gasteiger partial charge in [0.2, 0.25) is 0 Å². The van der Waals surface area contributed by atoms with E-state index >= 15 is 0 Å². The number of fused-ring (bicyclic) bond motifs is 9. The molecule has 2 unspecified atom stereocenters. The van der Waals surface area contributed by atoms with Crippen LogP contribution in [0.2, 0.25) is 0 Å².